The zero-order valence-corrected chi connectivity index (χ0v) is 12.9. The maximum Gasteiger partial charge on any atom is 0.328 e. The Morgan fingerprint density at radius 2 is 1.50 bits per heavy atom. The van der Waals surface area contributed by atoms with Crippen molar-refractivity contribution in [1.29, 1.82) is 0 Å². The van der Waals surface area contributed by atoms with Crippen molar-refractivity contribution >= 4 is 28.8 Å². The van der Waals surface area contributed by atoms with Crippen LogP contribution in [-0.4, -0.2) is 58.1 Å². The van der Waals surface area contributed by atoms with Crippen molar-refractivity contribution in [2.45, 2.75) is 19.4 Å². The molecule has 20 heavy (non-hydrogen) atoms. The van der Waals surface area contributed by atoms with Crippen molar-refractivity contribution in [3.05, 3.63) is 12.2 Å². The molecule has 112 valence electrons. The number of hydrogen-bond donors (Lipinski definition) is 2. The van der Waals surface area contributed by atoms with Gasteiger partial charge in [-0.05, 0) is 40.1 Å². The number of carboxylic acid groups (broad SMARTS) is 2. The van der Waals surface area contributed by atoms with Crippen LogP contribution < -0.4 is 0 Å². The van der Waals surface area contributed by atoms with Crippen molar-refractivity contribution in [1.82, 2.24) is 4.90 Å². The number of aliphatic carboxylic acids is 2. The van der Waals surface area contributed by atoms with E-state index in [0.29, 0.717) is 12.2 Å². The quantitative estimate of drug-likeness (QED) is 0.591. The van der Waals surface area contributed by atoms with Crippen LogP contribution in [0.2, 0.25) is 0 Å². The van der Waals surface area contributed by atoms with Crippen molar-refractivity contribution in [3.63, 3.8) is 0 Å². The molecule has 0 aromatic rings. The number of thioether (sulfide) groups is 1. The van der Waals surface area contributed by atoms with E-state index < -0.39 is 11.9 Å². The molecule has 0 fully saturated rings. The molecule has 0 atom stereocenters. The molecular formula is C13H19NO5S. The molecule has 2 N–H and O–H groups in total. The zero-order chi connectivity index (χ0) is 16.3. The monoisotopic (exact) mass is 301 g/mol. The summed E-state index contributed by atoms with van der Waals surface area (Å²) in [5.74, 6) is 2.99. The summed E-state index contributed by atoms with van der Waals surface area (Å²) in [6.07, 6.45) is 2.85. The average molecular weight is 301 g/mol. The largest absolute Gasteiger partial charge is 0.478 e. The molecule has 7 heteroatoms. The molecule has 0 saturated carbocycles. The number of carboxylic acids is 2. The van der Waals surface area contributed by atoms with Crippen LogP contribution in [0.25, 0.3) is 0 Å². The van der Waals surface area contributed by atoms with Crippen LogP contribution in [0.1, 0.15) is 13.8 Å². The molecule has 0 spiro atoms. The Bertz CT molecular complexity index is 427. The summed E-state index contributed by atoms with van der Waals surface area (Å²) in [6, 6.07) is 0. The fourth-order valence-corrected chi connectivity index (χ4v) is 0.662. The minimum atomic E-state index is -1.26. The van der Waals surface area contributed by atoms with Crippen LogP contribution in [0.5, 0.6) is 0 Å². The smallest absolute Gasteiger partial charge is 0.328 e. The SMILES string of the molecule is CSC(=O)C#CC(C)(C)N(C)C.O=C(O)C=CC(=O)O. The van der Waals surface area contributed by atoms with E-state index in [4.69, 9.17) is 10.2 Å². The van der Waals surface area contributed by atoms with E-state index in [-0.39, 0.29) is 10.7 Å². The second kappa shape index (κ2) is 10.1. The van der Waals surface area contributed by atoms with Crippen LogP contribution >= 0.6 is 11.8 Å². The highest BCUT2D eigenvalue weighted by Crippen LogP contribution is 2.07. The van der Waals surface area contributed by atoms with E-state index in [1.165, 1.54) is 0 Å². The standard InChI is InChI=1S/C9H15NOS.C4H4O4/c1-9(2,10(3)4)7-6-8(11)12-5;5-3(6)1-2-4(7)8/h1-5H3;1-2H,(H,5,6)(H,7,8). The Morgan fingerprint density at radius 1 is 1.10 bits per heavy atom. The Balaban J connectivity index is 0. The Hall–Kier alpha value is -1.78. The van der Waals surface area contributed by atoms with Crippen molar-refractivity contribution in [2.75, 3.05) is 20.4 Å². The third-order valence-corrected chi connectivity index (χ3v) is 2.62. The molecule has 0 saturated heterocycles. The highest BCUT2D eigenvalue weighted by Gasteiger charge is 2.16. The molecule has 0 unspecified atom stereocenters. The number of rotatable bonds is 3. The van der Waals surface area contributed by atoms with E-state index >= 15 is 0 Å². The maximum absolute atomic E-state index is 10.9. The van der Waals surface area contributed by atoms with Crippen molar-refractivity contribution < 1.29 is 24.6 Å². The van der Waals surface area contributed by atoms with Crippen LogP contribution in [0.4, 0.5) is 0 Å². The molecule has 0 aliphatic carbocycles. The molecule has 0 aliphatic rings. The van der Waals surface area contributed by atoms with E-state index in [9.17, 15) is 14.4 Å². The summed E-state index contributed by atoms with van der Waals surface area (Å²) in [7, 11) is 3.89. The predicted octanol–water partition coefficient (Wildman–Crippen LogP) is 0.931. The van der Waals surface area contributed by atoms with Crippen molar-refractivity contribution in [2.24, 2.45) is 0 Å². The van der Waals surface area contributed by atoms with Gasteiger partial charge < -0.3 is 10.2 Å². The summed E-state index contributed by atoms with van der Waals surface area (Å²) in [5.41, 5.74) is -0.231. The normalized spacial score (nSPS) is 10.3. The van der Waals surface area contributed by atoms with Gasteiger partial charge in [-0.2, -0.15) is 0 Å². The summed E-state index contributed by atoms with van der Waals surface area (Å²) in [4.78, 5) is 31.9. The Kier molecular flexibility index (Phi) is 10.3. The lowest BCUT2D eigenvalue weighted by Gasteiger charge is -2.26. The topological polar surface area (TPSA) is 94.9 Å². The van der Waals surface area contributed by atoms with E-state index in [2.05, 4.69) is 11.8 Å². The van der Waals surface area contributed by atoms with Gasteiger partial charge >= 0.3 is 11.9 Å². The van der Waals surface area contributed by atoms with Gasteiger partial charge in [-0.3, -0.25) is 9.69 Å². The zero-order valence-electron chi connectivity index (χ0n) is 12.1. The lowest BCUT2D eigenvalue weighted by Crippen LogP contribution is -2.36. The molecule has 0 aromatic heterocycles. The van der Waals surface area contributed by atoms with E-state index in [1.807, 2.05) is 32.8 Å². The second-order valence-electron chi connectivity index (χ2n) is 4.20. The molecule has 0 aliphatic heterocycles. The second-order valence-corrected chi connectivity index (χ2v) is 4.98. The first kappa shape index (κ1) is 20.5. The van der Waals surface area contributed by atoms with Crippen molar-refractivity contribution in [3.8, 4) is 11.8 Å². The van der Waals surface area contributed by atoms with Gasteiger partial charge in [-0.1, -0.05) is 17.7 Å². The van der Waals surface area contributed by atoms with Crippen LogP contribution in [0, 0.1) is 11.8 Å². The van der Waals surface area contributed by atoms with Gasteiger partial charge in [0.1, 0.15) is 0 Å². The van der Waals surface area contributed by atoms with Crippen LogP contribution in [-0.2, 0) is 14.4 Å². The van der Waals surface area contributed by atoms with Gasteiger partial charge in [0.2, 0.25) is 0 Å². The fraction of sp³-hybridized carbons (Fsp3) is 0.462. The molecule has 6 nitrogen and oxygen atoms in total. The third-order valence-electron chi connectivity index (χ3n) is 2.14. The molecule has 0 rings (SSSR count). The molecule has 0 bridgehead atoms. The highest BCUT2D eigenvalue weighted by molar-refractivity contribution is 8.13. The number of carbonyl (C=O) groups is 3. The minimum absolute atomic E-state index is 0.0788. The summed E-state index contributed by atoms with van der Waals surface area (Å²) >= 11 is 1.15. The first-order valence-electron chi connectivity index (χ1n) is 5.45. The molecular weight excluding hydrogens is 282 g/mol. The van der Waals surface area contributed by atoms with Gasteiger partial charge in [0.05, 0.1) is 5.54 Å². The predicted molar refractivity (Wildman–Crippen MR) is 78.5 cm³/mol. The minimum Gasteiger partial charge on any atom is -0.478 e. The maximum atomic E-state index is 10.9. The van der Waals surface area contributed by atoms with Gasteiger partial charge in [-0.25, -0.2) is 9.59 Å². The lowest BCUT2D eigenvalue weighted by atomic mass is 10.1. The Morgan fingerprint density at radius 3 is 1.75 bits per heavy atom. The summed E-state index contributed by atoms with van der Waals surface area (Å²) in [5, 5.41) is 15.5. The summed E-state index contributed by atoms with van der Waals surface area (Å²) in [6.45, 7) is 3.96. The van der Waals surface area contributed by atoms with E-state index in [1.54, 1.807) is 6.26 Å². The third kappa shape index (κ3) is 12.7. The molecule has 0 radical (unpaired) electrons. The summed E-state index contributed by atoms with van der Waals surface area (Å²) < 4.78 is 0. The average Bonchev–Trinajstić information content (AvgIpc) is 2.34. The van der Waals surface area contributed by atoms with Gasteiger partial charge in [0.25, 0.3) is 5.12 Å². The molecule has 0 heterocycles. The highest BCUT2D eigenvalue weighted by atomic mass is 32.2. The Labute approximate surface area is 122 Å². The molecule has 0 aromatic carbocycles. The van der Waals surface area contributed by atoms with Gasteiger partial charge in [0, 0.05) is 12.2 Å². The van der Waals surface area contributed by atoms with E-state index in [0.717, 1.165) is 11.8 Å². The number of carbonyl (C=O) groups excluding carboxylic acids is 1. The molecule has 0 amide bonds. The number of hydrogen-bond acceptors (Lipinski definition) is 5. The fourth-order valence-electron chi connectivity index (χ4n) is 0.509. The van der Waals surface area contributed by atoms with Gasteiger partial charge in [-0.15, -0.1) is 0 Å². The number of nitrogens with zero attached hydrogens (tertiary/aromatic N) is 1. The van der Waals surface area contributed by atoms with Crippen LogP contribution in [0.15, 0.2) is 12.2 Å². The lowest BCUT2D eigenvalue weighted by molar-refractivity contribution is -0.134. The first-order chi connectivity index (χ1) is 9.02. The van der Waals surface area contributed by atoms with Gasteiger partial charge in [0.15, 0.2) is 0 Å². The van der Waals surface area contributed by atoms with Crippen LogP contribution in [0.3, 0.4) is 0 Å². The first-order valence-corrected chi connectivity index (χ1v) is 6.68.